The molecule has 0 aromatic heterocycles. The minimum absolute atomic E-state index is 0.0827. The van der Waals surface area contributed by atoms with Gasteiger partial charge in [-0.1, -0.05) is 42.5 Å². The second-order valence-electron chi connectivity index (χ2n) is 12.5. The van der Waals surface area contributed by atoms with Crippen molar-refractivity contribution in [3.63, 3.8) is 0 Å². The number of amides is 3. The summed E-state index contributed by atoms with van der Waals surface area (Å²) in [6.07, 6.45) is -6.21. The lowest BCUT2D eigenvalue weighted by atomic mass is 9.74. The third-order valence-corrected chi connectivity index (χ3v) is 7.90. The Balaban J connectivity index is 1.67. The third-order valence-electron chi connectivity index (χ3n) is 7.90. The summed E-state index contributed by atoms with van der Waals surface area (Å²) < 4.78 is 70.1. The van der Waals surface area contributed by atoms with E-state index in [2.05, 4.69) is 5.32 Å². The molecule has 49 heavy (non-hydrogen) atoms. The number of methoxy groups -OCH3 is 1. The van der Waals surface area contributed by atoms with E-state index in [0.29, 0.717) is 22.9 Å². The Kier molecular flexibility index (Phi) is 11.2. The number of hydrogen-bond acceptors (Lipinski definition) is 7. The molecule has 262 valence electrons. The monoisotopic (exact) mass is 687 g/mol. The number of anilines is 2. The highest BCUT2D eigenvalue weighted by molar-refractivity contribution is 5.96. The number of ether oxygens (including phenoxy) is 3. The molecule has 1 N–H and O–H groups in total. The molecule has 3 amide bonds. The highest BCUT2D eigenvalue weighted by Gasteiger charge is 2.48. The predicted octanol–water partition coefficient (Wildman–Crippen LogP) is 7.00. The number of halogens is 4. The van der Waals surface area contributed by atoms with Gasteiger partial charge in [-0.3, -0.25) is 14.5 Å². The highest BCUT2D eigenvalue weighted by Crippen LogP contribution is 2.39. The molecule has 0 unspecified atom stereocenters. The van der Waals surface area contributed by atoms with Crippen molar-refractivity contribution in [2.45, 2.75) is 45.1 Å². The first-order valence-corrected chi connectivity index (χ1v) is 15.3. The van der Waals surface area contributed by atoms with Gasteiger partial charge in [-0.2, -0.15) is 13.2 Å². The van der Waals surface area contributed by atoms with Crippen molar-refractivity contribution < 1.29 is 51.0 Å². The molecule has 1 fully saturated rings. The van der Waals surface area contributed by atoms with E-state index in [-0.39, 0.29) is 25.8 Å². The number of alkyl halides is 3. The van der Waals surface area contributed by atoms with Crippen molar-refractivity contribution in [2.75, 3.05) is 37.5 Å². The van der Waals surface area contributed by atoms with Gasteiger partial charge in [-0.25, -0.2) is 14.0 Å². The summed E-state index contributed by atoms with van der Waals surface area (Å²) in [4.78, 5) is 55.6. The van der Waals surface area contributed by atoms with Crippen molar-refractivity contribution in [3.05, 3.63) is 95.3 Å². The molecular formula is C35H37F4N3O7. The van der Waals surface area contributed by atoms with Crippen LogP contribution in [-0.4, -0.2) is 61.8 Å². The Labute approximate surface area is 280 Å². The molecule has 3 aromatic carbocycles. The van der Waals surface area contributed by atoms with E-state index in [0.717, 1.165) is 13.2 Å². The van der Waals surface area contributed by atoms with Gasteiger partial charge in [-0.15, -0.1) is 0 Å². The molecule has 1 saturated heterocycles. The summed E-state index contributed by atoms with van der Waals surface area (Å²) in [7, 11) is 2.65. The van der Waals surface area contributed by atoms with E-state index >= 15 is 0 Å². The molecule has 3 aromatic rings. The van der Waals surface area contributed by atoms with Crippen molar-refractivity contribution in [2.24, 2.45) is 11.8 Å². The van der Waals surface area contributed by atoms with Crippen molar-refractivity contribution in [1.82, 2.24) is 4.90 Å². The Morgan fingerprint density at radius 2 is 1.59 bits per heavy atom. The van der Waals surface area contributed by atoms with Gasteiger partial charge >= 0.3 is 24.3 Å². The summed E-state index contributed by atoms with van der Waals surface area (Å²) >= 11 is 0. The van der Waals surface area contributed by atoms with Gasteiger partial charge in [0.2, 0.25) is 5.91 Å². The summed E-state index contributed by atoms with van der Waals surface area (Å²) in [6, 6.07) is 16.9. The summed E-state index contributed by atoms with van der Waals surface area (Å²) in [6.45, 7) is 4.66. The summed E-state index contributed by atoms with van der Waals surface area (Å²) in [5.74, 6) is -6.49. The quantitative estimate of drug-likeness (QED) is 0.162. The molecule has 0 bridgehead atoms. The van der Waals surface area contributed by atoms with Crippen molar-refractivity contribution in [1.29, 1.82) is 0 Å². The van der Waals surface area contributed by atoms with Gasteiger partial charge in [-0.05, 0) is 62.2 Å². The molecule has 1 aliphatic heterocycles. The van der Waals surface area contributed by atoms with E-state index in [1.54, 1.807) is 75.4 Å². The van der Waals surface area contributed by atoms with Crippen LogP contribution in [0.2, 0.25) is 0 Å². The van der Waals surface area contributed by atoms with Crippen LogP contribution in [0.25, 0.3) is 0 Å². The SMILES string of the molecule is COC(=O)[C@@H]1[C@@H](C(=O)Nc2ccc(C(F)(F)F)cc2F)CN(C(=O)OCc2ccccc2)C[C@H]1c1ccc(N(C)C(=O)OC(C)(C)C)cc1. The van der Waals surface area contributed by atoms with Crippen LogP contribution in [0.4, 0.5) is 38.5 Å². The van der Waals surface area contributed by atoms with E-state index in [1.807, 2.05) is 0 Å². The number of benzene rings is 3. The number of nitrogens with zero attached hydrogens (tertiary/aromatic N) is 2. The minimum atomic E-state index is -4.81. The number of hydrogen-bond donors (Lipinski definition) is 1. The normalized spacial score (nSPS) is 17.9. The molecule has 0 aliphatic carbocycles. The first-order valence-electron chi connectivity index (χ1n) is 15.3. The van der Waals surface area contributed by atoms with Gasteiger partial charge in [0.15, 0.2) is 0 Å². The fourth-order valence-corrected chi connectivity index (χ4v) is 5.44. The number of esters is 1. The van der Waals surface area contributed by atoms with Crippen LogP contribution < -0.4 is 10.2 Å². The fourth-order valence-electron chi connectivity index (χ4n) is 5.44. The highest BCUT2D eigenvalue weighted by atomic mass is 19.4. The van der Waals surface area contributed by atoms with Gasteiger partial charge in [0, 0.05) is 31.7 Å². The average molecular weight is 688 g/mol. The zero-order chi connectivity index (χ0) is 36.1. The molecule has 10 nitrogen and oxygen atoms in total. The average Bonchev–Trinajstić information content (AvgIpc) is 3.06. The lowest BCUT2D eigenvalue weighted by Gasteiger charge is -2.41. The summed E-state index contributed by atoms with van der Waals surface area (Å²) in [5, 5.41) is 2.29. The fraction of sp³-hybridized carbons (Fsp3) is 0.371. The molecule has 4 rings (SSSR count). The first-order chi connectivity index (χ1) is 23.0. The van der Waals surface area contributed by atoms with Gasteiger partial charge < -0.3 is 24.4 Å². The number of rotatable bonds is 7. The predicted molar refractivity (Wildman–Crippen MR) is 171 cm³/mol. The minimum Gasteiger partial charge on any atom is -0.469 e. The Morgan fingerprint density at radius 3 is 2.16 bits per heavy atom. The van der Waals surface area contributed by atoms with Crippen LogP contribution >= 0.6 is 0 Å². The number of likely N-dealkylation sites (tertiary alicyclic amines) is 1. The number of piperidine rings is 1. The van der Waals surface area contributed by atoms with Crippen LogP contribution in [0.3, 0.4) is 0 Å². The smallest absolute Gasteiger partial charge is 0.416 e. The maximum absolute atomic E-state index is 14.8. The standard InChI is InChI=1S/C35H37F4N3O7/c1-34(2,3)49-32(45)41(4)24-14-11-22(12-15-24)25-18-42(33(46)48-20-21-9-7-6-8-10-21)19-26(29(25)31(44)47-5)30(43)40-28-16-13-23(17-27(28)36)35(37,38)39/h6-17,25-26,29H,18-20H2,1-5H3,(H,40,43)/t25-,26-,29-/m0/s1. The molecule has 0 saturated carbocycles. The van der Waals surface area contributed by atoms with E-state index in [1.165, 1.54) is 16.8 Å². The Hall–Kier alpha value is -5.14. The maximum atomic E-state index is 14.8. The second kappa shape index (κ2) is 15.0. The van der Waals surface area contributed by atoms with Gasteiger partial charge in [0.1, 0.15) is 18.0 Å². The van der Waals surface area contributed by atoms with Crippen LogP contribution in [0, 0.1) is 17.7 Å². The molecule has 1 heterocycles. The molecule has 3 atom stereocenters. The topological polar surface area (TPSA) is 114 Å². The largest absolute Gasteiger partial charge is 0.469 e. The zero-order valence-corrected chi connectivity index (χ0v) is 27.5. The van der Waals surface area contributed by atoms with Crippen LogP contribution in [0.1, 0.15) is 43.4 Å². The first kappa shape index (κ1) is 36.7. The van der Waals surface area contributed by atoms with Crippen LogP contribution in [0.5, 0.6) is 0 Å². The lowest BCUT2D eigenvalue weighted by molar-refractivity contribution is -0.153. The molecule has 14 heteroatoms. The van der Waals surface area contributed by atoms with E-state index < -0.39 is 70.7 Å². The molecular weight excluding hydrogens is 650 g/mol. The van der Waals surface area contributed by atoms with Crippen LogP contribution in [0.15, 0.2) is 72.8 Å². The van der Waals surface area contributed by atoms with Crippen molar-refractivity contribution >= 4 is 35.4 Å². The lowest BCUT2D eigenvalue weighted by Crippen LogP contribution is -2.54. The van der Waals surface area contributed by atoms with Gasteiger partial charge in [0.05, 0.1) is 30.2 Å². The van der Waals surface area contributed by atoms with Gasteiger partial charge in [0.25, 0.3) is 0 Å². The van der Waals surface area contributed by atoms with E-state index in [9.17, 15) is 36.7 Å². The number of nitrogens with one attached hydrogen (secondary N) is 1. The number of carbonyl (C=O) groups is 4. The zero-order valence-electron chi connectivity index (χ0n) is 27.5. The second-order valence-corrected chi connectivity index (χ2v) is 12.5. The third kappa shape index (κ3) is 9.27. The molecule has 1 aliphatic rings. The number of carbonyl (C=O) groups excluding carboxylic acids is 4. The molecule has 0 spiro atoms. The summed E-state index contributed by atoms with van der Waals surface area (Å²) in [5.41, 5.74) is -0.879. The van der Waals surface area contributed by atoms with Crippen molar-refractivity contribution in [3.8, 4) is 0 Å². The van der Waals surface area contributed by atoms with Crippen LogP contribution in [-0.2, 0) is 36.6 Å². The Bertz CT molecular complexity index is 1660. The Morgan fingerprint density at radius 1 is 0.939 bits per heavy atom. The maximum Gasteiger partial charge on any atom is 0.416 e. The molecule has 0 radical (unpaired) electrons. The van der Waals surface area contributed by atoms with E-state index in [4.69, 9.17) is 14.2 Å².